The molecule has 1 aromatic heterocycles. The Kier molecular flexibility index (Phi) is 2.66. The monoisotopic (exact) mass is 152 g/mol. The second-order valence-electron chi connectivity index (χ2n) is 1.90. The zero-order chi connectivity index (χ0) is 8.10. The molecule has 1 heterocycles. The maximum atomic E-state index is 8.58. The van der Waals surface area contributed by atoms with Crippen molar-refractivity contribution < 1.29 is 9.25 Å². The van der Waals surface area contributed by atoms with Crippen LogP contribution in [0.5, 0.6) is 0 Å². The largest absolute Gasteiger partial charge is 0.466 e. The van der Waals surface area contributed by atoms with Crippen molar-refractivity contribution in [3.05, 3.63) is 24.2 Å². The summed E-state index contributed by atoms with van der Waals surface area (Å²) in [5.74, 6) is 0.550. The van der Waals surface area contributed by atoms with Crippen LogP contribution in [-0.2, 0) is 4.84 Å². The van der Waals surface area contributed by atoms with Gasteiger partial charge in [0.05, 0.1) is 19.4 Å². The minimum atomic E-state index is -0.532. The van der Waals surface area contributed by atoms with Gasteiger partial charge in [-0.25, -0.2) is 0 Å². The van der Waals surface area contributed by atoms with E-state index in [2.05, 4.69) is 10.3 Å². The average Bonchev–Trinajstić information content (AvgIpc) is 2.52. The summed E-state index contributed by atoms with van der Waals surface area (Å²) in [5, 5.41) is 8.58. The van der Waals surface area contributed by atoms with E-state index in [-0.39, 0.29) is 0 Å². The van der Waals surface area contributed by atoms with Crippen LogP contribution in [0.2, 0.25) is 0 Å². The van der Waals surface area contributed by atoms with E-state index in [0.717, 1.165) is 0 Å². The first-order valence-electron chi connectivity index (χ1n) is 3.10. The van der Waals surface area contributed by atoms with E-state index in [9.17, 15) is 0 Å². The molecule has 11 heavy (non-hydrogen) atoms. The number of nitrogens with one attached hydrogen (secondary N) is 1. The van der Waals surface area contributed by atoms with Crippen LogP contribution < -0.4 is 5.48 Å². The molecule has 4 heteroatoms. The smallest absolute Gasteiger partial charge is 0.176 e. The van der Waals surface area contributed by atoms with Gasteiger partial charge in [-0.1, -0.05) is 0 Å². The van der Waals surface area contributed by atoms with E-state index in [4.69, 9.17) is 9.68 Å². The van der Waals surface area contributed by atoms with Gasteiger partial charge in [-0.2, -0.15) is 10.7 Å². The molecule has 1 atom stereocenters. The number of rotatable bonds is 3. The van der Waals surface area contributed by atoms with E-state index in [0.29, 0.717) is 5.76 Å². The Hall–Kier alpha value is -1.31. The Morgan fingerprint density at radius 2 is 2.64 bits per heavy atom. The number of hydrogen-bond donors (Lipinski definition) is 1. The lowest BCUT2D eigenvalue weighted by Gasteiger charge is -2.04. The molecule has 1 rings (SSSR count). The normalized spacial score (nSPS) is 12.4. The summed E-state index contributed by atoms with van der Waals surface area (Å²) in [5.41, 5.74) is 2.48. The molecule has 0 aliphatic heterocycles. The van der Waals surface area contributed by atoms with Crippen molar-refractivity contribution in [2.24, 2.45) is 0 Å². The van der Waals surface area contributed by atoms with E-state index < -0.39 is 6.04 Å². The third kappa shape index (κ3) is 1.80. The summed E-state index contributed by atoms with van der Waals surface area (Å²) in [6.07, 6.45) is 1.51. The number of hydroxylamine groups is 1. The summed E-state index contributed by atoms with van der Waals surface area (Å²) < 4.78 is 4.97. The van der Waals surface area contributed by atoms with Gasteiger partial charge >= 0.3 is 0 Å². The Labute approximate surface area is 64.3 Å². The molecule has 58 valence electrons. The van der Waals surface area contributed by atoms with E-state index in [1.807, 2.05) is 6.07 Å². The van der Waals surface area contributed by atoms with Crippen molar-refractivity contribution in [3.63, 3.8) is 0 Å². The maximum Gasteiger partial charge on any atom is 0.176 e. The first kappa shape index (κ1) is 7.79. The van der Waals surface area contributed by atoms with Gasteiger partial charge < -0.3 is 9.25 Å². The predicted octanol–water partition coefficient (Wildman–Crippen LogP) is 0.995. The Morgan fingerprint density at radius 3 is 3.09 bits per heavy atom. The third-order valence-corrected chi connectivity index (χ3v) is 1.19. The predicted molar refractivity (Wildman–Crippen MR) is 37.2 cm³/mol. The van der Waals surface area contributed by atoms with Gasteiger partial charge in [-0.05, 0) is 12.1 Å². The second kappa shape index (κ2) is 3.76. The standard InChI is InChI=1S/C7H8N2O2/c1-10-9-6(5-8)7-3-2-4-11-7/h2-4,6,9H,1H3. The number of hydrogen-bond acceptors (Lipinski definition) is 4. The molecule has 0 amide bonds. The molecule has 0 radical (unpaired) electrons. The fourth-order valence-electron chi connectivity index (χ4n) is 0.721. The van der Waals surface area contributed by atoms with Crippen LogP contribution >= 0.6 is 0 Å². The zero-order valence-corrected chi connectivity index (χ0v) is 6.07. The Bertz CT molecular complexity index is 237. The molecule has 0 saturated heterocycles. The zero-order valence-electron chi connectivity index (χ0n) is 6.07. The van der Waals surface area contributed by atoms with Crippen molar-refractivity contribution in [2.75, 3.05) is 7.11 Å². The van der Waals surface area contributed by atoms with Crippen LogP contribution in [0.1, 0.15) is 11.8 Å². The van der Waals surface area contributed by atoms with Gasteiger partial charge in [0.25, 0.3) is 0 Å². The molecule has 0 spiro atoms. The minimum absolute atomic E-state index is 0.532. The Balaban J connectivity index is 2.65. The lowest BCUT2D eigenvalue weighted by Crippen LogP contribution is -2.17. The summed E-state index contributed by atoms with van der Waals surface area (Å²) >= 11 is 0. The highest BCUT2D eigenvalue weighted by atomic mass is 16.6. The van der Waals surface area contributed by atoms with Crippen molar-refractivity contribution in [3.8, 4) is 6.07 Å². The van der Waals surface area contributed by atoms with E-state index >= 15 is 0 Å². The molecule has 1 N–H and O–H groups in total. The first-order valence-corrected chi connectivity index (χ1v) is 3.10. The van der Waals surface area contributed by atoms with Crippen molar-refractivity contribution in [2.45, 2.75) is 6.04 Å². The van der Waals surface area contributed by atoms with Gasteiger partial charge in [0.1, 0.15) is 5.76 Å². The molecule has 0 aliphatic rings. The van der Waals surface area contributed by atoms with E-state index in [1.54, 1.807) is 12.1 Å². The average molecular weight is 152 g/mol. The first-order chi connectivity index (χ1) is 5.38. The van der Waals surface area contributed by atoms with Crippen LogP contribution in [0.3, 0.4) is 0 Å². The summed E-state index contributed by atoms with van der Waals surface area (Å²) in [4.78, 5) is 4.59. The Morgan fingerprint density at radius 1 is 1.82 bits per heavy atom. The van der Waals surface area contributed by atoms with Gasteiger partial charge in [0.15, 0.2) is 6.04 Å². The second-order valence-corrected chi connectivity index (χ2v) is 1.90. The van der Waals surface area contributed by atoms with Crippen LogP contribution in [0, 0.1) is 11.3 Å². The third-order valence-electron chi connectivity index (χ3n) is 1.19. The molecule has 0 aromatic carbocycles. The highest BCUT2D eigenvalue weighted by Crippen LogP contribution is 2.11. The molecule has 0 bridgehead atoms. The van der Waals surface area contributed by atoms with Crippen molar-refractivity contribution in [1.29, 1.82) is 5.26 Å². The molecular weight excluding hydrogens is 144 g/mol. The lowest BCUT2D eigenvalue weighted by molar-refractivity contribution is 0.0698. The molecule has 1 aromatic rings. The molecule has 0 saturated carbocycles. The fourth-order valence-corrected chi connectivity index (χ4v) is 0.721. The molecule has 1 unspecified atom stereocenters. The van der Waals surface area contributed by atoms with Crippen molar-refractivity contribution in [1.82, 2.24) is 5.48 Å². The van der Waals surface area contributed by atoms with Gasteiger partial charge in [0, 0.05) is 0 Å². The highest BCUT2D eigenvalue weighted by Gasteiger charge is 2.11. The fraction of sp³-hybridized carbons (Fsp3) is 0.286. The molecule has 0 fully saturated rings. The minimum Gasteiger partial charge on any atom is -0.466 e. The van der Waals surface area contributed by atoms with Crippen LogP contribution in [0.4, 0.5) is 0 Å². The maximum absolute atomic E-state index is 8.58. The highest BCUT2D eigenvalue weighted by molar-refractivity contribution is 5.11. The quantitative estimate of drug-likeness (QED) is 0.656. The summed E-state index contributed by atoms with van der Waals surface area (Å²) in [7, 11) is 1.45. The molecular formula is C7H8N2O2. The summed E-state index contributed by atoms with van der Waals surface area (Å²) in [6, 6.07) is 4.87. The topological polar surface area (TPSA) is 58.2 Å². The number of nitrogens with zero attached hydrogens (tertiary/aromatic N) is 1. The number of furan rings is 1. The van der Waals surface area contributed by atoms with Crippen LogP contribution in [-0.4, -0.2) is 7.11 Å². The van der Waals surface area contributed by atoms with Crippen LogP contribution in [0.25, 0.3) is 0 Å². The SMILES string of the molecule is CONC(C#N)c1ccco1. The van der Waals surface area contributed by atoms with Gasteiger partial charge in [0.2, 0.25) is 0 Å². The lowest BCUT2D eigenvalue weighted by atomic mass is 10.3. The summed E-state index contributed by atoms with van der Waals surface area (Å²) in [6.45, 7) is 0. The van der Waals surface area contributed by atoms with Crippen molar-refractivity contribution >= 4 is 0 Å². The van der Waals surface area contributed by atoms with Gasteiger partial charge in [-0.3, -0.25) is 0 Å². The van der Waals surface area contributed by atoms with Crippen LogP contribution in [0.15, 0.2) is 22.8 Å². The van der Waals surface area contributed by atoms with Gasteiger partial charge in [-0.15, -0.1) is 0 Å². The number of nitriles is 1. The molecule has 0 aliphatic carbocycles. The molecule has 4 nitrogen and oxygen atoms in total. The van der Waals surface area contributed by atoms with E-state index in [1.165, 1.54) is 13.4 Å².